The SMILES string of the molecule is Cc1nc(C)c(C(=O)OCc2cc3c(cc2Br)OCCO3)s1. The van der Waals surface area contributed by atoms with Crippen LogP contribution in [0.5, 0.6) is 11.5 Å². The molecule has 1 aliphatic heterocycles. The number of benzene rings is 1. The summed E-state index contributed by atoms with van der Waals surface area (Å²) in [4.78, 5) is 16.9. The molecule has 7 heteroatoms. The van der Waals surface area contributed by atoms with Gasteiger partial charge in [0.1, 0.15) is 24.7 Å². The Balaban J connectivity index is 1.73. The van der Waals surface area contributed by atoms with Crippen LogP contribution in [0.25, 0.3) is 0 Å². The van der Waals surface area contributed by atoms with Gasteiger partial charge in [-0.25, -0.2) is 9.78 Å². The second-order valence-corrected chi connectivity index (χ2v) is 6.87. The van der Waals surface area contributed by atoms with E-state index in [1.807, 2.05) is 19.1 Å². The Morgan fingerprint density at radius 2 is 2.00 bits per heavy atom. The highest BCUT2D eigenvalue weighted by Gasteiger charge is 2.18. The molecule has 0 bridgehead atoms. The zero-order valence-corrected chi connectivity index (χ0v) is 14.5. The Morgan fingerprint density at radius 1 is 1.32 bits per heavy atom. The van der Waals surface area contributed by atoms with E-state index in [0.717, 1.165) is 15.0 Å². The molecule has 1 aromatic carbocycles. The molecule has 0 radical (unpaired) electrons. The van der Waals surface area contributed by atoms with Crippen LogP contribution < -0.4 is 9.47 Å². The third-order valence-corrected chi connectivity index (χ3v) is 4.95. The Bertz CT molecular complexity index is 729. The average molecular weight is 384 g/mol. The molecule has 0 unspecified atom stereocenters. The number of ether oxygens (including phenoxy) is 3. The van der Waals surface area contributed by atoms with Crippen molar-refractivity contribution in [2.24, 2.45) is 0 Å². The molecule has 116 valence electrons. The largest absolute Gasteiger partial charge is 0.486 e. The fourth-order valence-electron chi connectivity index (χ4n) is 2.15. The van der Waals surface area contributed by atoms with Crippen molar-refractivity contribution >= 4 is 33.2 Å². The summed E-state index contributed by atoms with van der Waals surface area (Å²) in [5, 5.41) is 0.852. The standard InChI is InChI=1S/C15H14BrNO4S/c1-8-14(22-9(2)17-8)15(18)21-7-10-5-12-13(6-11(10)16)20-4-3-19-12/h5-6H,3-4,7H2,1-2H3. The first-order valence-electron chi connectivity index (χ1n) is 6.74. The van der Waals surface area contributed by atoms with Crippen molar-refractivity contribution in [1.29, 1.82) is 0 Å². The van der Waals surface area contributed by atoms with Crippen LogP contribution in [0.4, 0.5) is 0 Å². The van der Waals surface area contributed by atoms with Crippen LogP contribution in [-0.4, -0.2) is 24.2 Å². The predicted octanol–water partition coefficient (Wildman–Crippen LogP) is 3.65. The number of rotatable bonds is 3. The van der Waals surface area contributed by atoms with Crippen molar-refractivity contribution in [3.63, 3.8) is 0 Å². The lowest BCUT2D eigenvalue weighted by molar-refractivity contribution is 0.0476. The van der Waals surface area contributed by atoms with E-state index in [9.17, 15) is 4.79 Å². The van der Waals surface area contributed by atoms with Crippen LogP contribution in [0.1, 0.15) is 25.9 Å². The summed E-state index contributed by atoms with van der Waals surface area (Å²) in [5.41, 5.74) is 1.53. The van der Waals surface area contributed by atoms with E-state index >= 15 is 0 Å². The quantitative estimate of drug-likeness (QED) is 0.757. The molecule has 0 spiro atoms. The summed E-state index contributed by atoms with van der Waals surface area (Å²) in [6.45, 7) is 4.89. The van der Waals surface area contributed by atoms with Gasteiger partial charge in [-0.05, 0) is 26.0 Å². The number of thiazole rings is 1. The van der Waals surface area contributed by atoms with Crippen LogP contribution in [-0.2, 0) is 11.3 Å². The molecule has 2 aromatic rings. The fraction of sp³-hybridized carbons (Fsp3) is 0.333. The predicted molar refractivity (Wildman–Crippen MR) is 85.8 cm³/mol. The van der Waals surface area contributed by atoms with Gasteiger partial charge in [-0.3, -0.25) is 0 Å². The molecule has 1 aliphatic rings. The highest BCUT2D eigenvalue weighted by atomic mass is 79.9. The van der Waals surface area contributed by atoms with Gasteiger partial charge < -0.3 is 14.2 Å². The molecule has 2 heterocycles. The molecule has 0 N–H and O–H groups in total. The van der Waals surface area contributed by atoms with Gasteiger partial charge in [-0.2, -0.15) is 0 Å². The number of hydrogen-bond donors (Lipinski definition) is 0. The fourth-order valence-corrected chi connectivity index (χ4v) is 3.40. The van der Waals surface area contributed by atoms with Crippen molar-refractivity contribution in [2.45, 2.75) is 20.5 Å². The number of nitrogens with zero attached hydrogens (tertiary/aromatic N) is 1. The summed E-state index contributed by atoms with van der Waals surface area (Å²) in [5.74, 6) is 1.01. The number of aromatic nitrogens is 1. The number of carbonyl (C=O) groups is 1. The highest BCUT2D eigenvalue weighted by molar-refractivity contribution is 9.10. The average Bonchev–Trinajstić information content (AvgIpc) is 2.83. The van der Waals surface area contributed by atoms with Gasteiger partial charge in [0, 0.05) is 10.0 Å². The van der Waals surface area contributed by atoms with E-state index in [0.29, 0.717) is 35.3 Å². The molecule has 0 saturated carbocycles. The van der Waals surface area contributed by atoms with Crippen LogP contribution >= 0.6 is 27.3 Å². The summed E-state index contributed by atoms with van der Waals surface area (Å²) in [6.07, 6.45) is 0. The third-order valence-electron chi connectivity index (χ3n) is 3.16. The number of hydrogen-bond acceptors (Lipinski definition) is 6. The number of fused-ring (bicyclic) bond motifs is 1. The highest BCUT2D eigenvalue weighted by Crippen LogP contribution is 2.36. The van der Waals surface area contributed by atoms with Gasteiger partial charge in [0.25, 0.3) is 0 Å². The van der Waals surface area contributed by atoms with E-state index in [-0.39, 0.29) is 12.6 Å². The van der Waals surface area contributed by atoms with Gasteiger partial charge in [0.15, 0.2) is 11.5 Å². The smallest absolute Gasteiger partial charge is 0.350 e. The first-order chi connectivity index (χ1) is 10.5. The lowest BCUT2D eigenvalue weighted by atomic mass is 10.2. The molecule has 0 aliphatic carbocycles. The van der Waals surface area contributed by atoms with E-state index in [1.165, 1.54) is 11.3 Å². The van der Waals surface area contributed by atoms with Crippen LogP contribution in [0, 0.1) is 13.8 Å². The molecule has 1 aromatic heterocycles. The maximum absolute atomic E-state index is 12.1. The van der Waals surface area contributed by atoms with E-state index in [2.05, 4.69) is 20.9 Å². The molecule has 22 heavy (non-hydrogen) atoms. The molecule has 0 amide bonds. The second kappa shape index (κ2) is 6.26. The van der Waals surface area contributed by atoms with E-state index < -0.39 is 0 Å². The number of carbonyl (C=O) groups excluding carboxylic acids is 1. The molecule has 0 fully saturated rings. The minimum absolute atomic E-state index is 0.159. The van der Waals surface area contributed by atoms with Gasteiger partial charge in [0.2, 0.25) is 0 Å². The normalized spacial score (nSPS) is 13.0. The van der Waals surface area contributed by atoms with Crippen LogP contribution in [0.2, 0.25) is 0 Å². The van der Waals surface area contributed by atoms with Crippen molar-refractivity contribution in [3.8, 4) is 11.5 Å². The summed E-state index contributed by atoms with van der Waals surface area (Å²) < 4.78 is 17.2. The van der Waals surface area contributed by atoms with Crippen molar-refractivity contribution in [1.82, 2.24) is 4.98 Å². The van der Waals surface area contributed by atoms with E-state index in [1.54, 1.807) is 6.92 Å². The van der Waals surface area contributed by atoms with E-state index in [4.69, 9.17) is 14.2 Å². The Labute approximate surface area is 140 Å². The first kappa shape index (κ1) is 15.3. The first-order valence-corrected chi connectivity index (χ1v) is 8.34. The Hall–Kier alpha value is -1.60. The second-order valence-electron chi connectivity index (χ2n) is 4.81. The maximum Gasteiger partial charge on any atom is 0.350 e. The Morgan fingerprint density at radius 3 is 2.64 bits per heavy atom. The van der Waals surface area contributed by atoms with Crippen LogP contribution in [0.3, 0.4) is 0 Å². The summed E-state index contributed by atoms with van der Waals surface area (Å²) >= 11 is 4.81. The summed E-state index contributed by atoms with van der Waals surface area (Å²) in [6, 6.07) is 3.66. The molecule has 3 rings (SSSR count). The van der Waals surface area contributed by atoms with Gasteiger partial charge in [-0.1, -0.05) is 15.9 Å². The maximum atomic E-state index is 12.1. The summed E-state index contributed by atoms with van der Waals surface area (Å²) in [7, 11) is 0. The topological polar surface area (TPSA) is 57.7 Å². The molecule has 5 nitrogen and oxygen atoms in total. The lowest BCUT2D eigenvalue weighted by Gasteiger charge is -2.19. The van der Waals surface area contributed by atoms with Crippen LogP contribution in [0.15, 0.2) is 16.6 Å². The van der Waals surface area contributed by atoms with Crippen molar-refractivity contribution in [2.75, 3.05) is 13.2 Å². The number of halogens is 1. The van der Waals surface area contributed by atoms with Crippen molar-refractivity contribution < 1.29 is 19.0 Å². The molecular weight excluding hydrogens is 370 g/mol. The minimum atomic E-state index is -0.357. The van der Waals surface area contributed by atoms with Gasteiger partial charge in [-0.15, -0.1) is 11.3 Å². The van der Waals surface area contributed by atoms with Gasteiger partial charge >= 0.3 is 5.97 Å². The molecule has 0 atom stereocenters. The number of aryl methyl sites for hydroxylation is 2. The molecule has 0 saturated heterocycles. The molecular formula is C15H14BrNO4S. The lowest BCUT2D eigenvalue weighted by Crippen LogP contribution is -2.15. The third kappa shape index (κ3) is 3.10. The minimum Gasteiger partial charge on any atom is -0.486 e. The van der Waals surface area contributed by atoms with Gasteiger partial charge in [0.05, 0.1) is 10.7 Å². The number of esters is 1. The Kier molecular flexibility index (Phi) is 4.35. The zero-order chi connectivity index (χ0) is 15.7. The zero-order valence-electron chi connectivity index (χ0n) is 12.1. The monoisotopic (exact) mass is 383 g/mol. The van der Waals surface area contributed by atoms with Crippen molar-refractivity contribution in [3.05, 3.63) is 37.7 Å².